The number of halogens is 1. The fourth-order valence-electron chi connectivity index (χ4n) is 1.46. The number of nitrogens with one attached hydrogen (secondary N) is 2. The molecule has 1 aromatic carbocycles. The molecule has 0 atom stereocenters. The van der Waals surface area contributed by atoms with Crippen molar-refractivity contribution in [3.63, 3.8) is 0 Å². The summed E-state index contributed by atoms with van der Waals surface area (Å²) in [5.41, 5.74) is 2.52. The van der Waals surface area contributed by atoms with Crippen molar-refractivity contribution in [1.29, 1.82) is 0 Å². The van der Waals surface area contributed by atoms with E-state index >= 15 is 0 Å². The average Bonchev–Trinajstić information content (AvgIpc) is 2.43. The summed E-state index contributed by atoms with van der Waals surface area (Å²) in [5.74, 6) is -1.73. The lowest BCUT2D eigenvalue weighted by Crippen LogP contribution is -2.41. The quantitative estimate of drug-likeness (QED) is 0.378. The minimum absolute atomic E-state index is 0.00176. The van der Waals surface area contributed by atoms with Gasteiger partial charge in [-0.2, -0.15) is 5.10 Å². The molecule has 2 N–H and O–H groups in total. The van der Waals surface area contributed by atoms with Crippen LogP contribution in [-0.2, 0) is 9.59 Å². The summed E-state index contributed by atoms with van der Waals surface area (Å²) in [4.78, 5) is 33.1. The molecule has 0 aliphatic heterocycles. The highest BCUT2D eigenvalue weighted by Gasteiger charge is 2.15. The zero-order chi connectivity index (χ0) is 16.9. The number of hydrazone groups is 1. The maximum atomic E-state index is 11.5. The van der Waals surface area contributed by atoms with E-state index < -0.39 is 16.7 Å². The molecule has 0 aromatic heterocycles. The Hall–Kier alpha value is -2.48. The maximum Gasteiger partial charge on any atom is 0.329 e. The van der Waals surface area contributed by atoms with Crippen molar-refractivity contribution in [2.45, 2.75) is 26.8 Å². The van der Waals surface area contributed by atoms with Gasteiger partial charge in [0, 0.05) is 17.7 Å². The number of rotatable bonds is 4. The number of amides is 2. The Morgan fingerprint density at radius 1 is 1.32 bits per heavy atom. The van der Waals surface area contributed by atoms with Crippen LogP contribution in [0.5, 0.6) is 0 Å². The maximum absolute atomic E-state index is 11.5. The fourth-order valence-corrected chi connectivity index (χ4v) is 1.64. The molecular formula is C13H15ClN4O4. The second kappa shape index (κ2) is 7.51. The Morgan fingerprint density at radius 3 is 2.50 bits per heavy atom. The number of carbonyl (C=O) groups is 2. The normalized spacial score (nSPS) is 11.2. The van der Waals surface area contributed by atoms with Crippen LogP contribution in [0.3, 0.4) is 0 Å². The Bertz CT molecular complexity index is 643. The molecule has 0 bridgehead atoms. The van der Waals surface area contributed by atoms with E-state index in [9.17, 15) is 19.7 Å². The van der Waals surface area contributed by atoms with Gasteiger partial charge >= 0.3 is 11.8 Å². The predicted molar refractivity (Wildman–Crippen MR) is 81.7 cm³/mol. The zero-order valence-corrected chi connectivity index (χ0v) is 13.0. The molecule has 0 saturated carbocycles. The topological polar surface area (TPSA) is 114 Å². The van der Waals surface area contributed by atoms with Gasteiger partial charge in [-0.3, -0.25) is 19.7 Å². The number of hydrogen-bond donors (Lipinski definition) is 2. The monoisotopic (exact) mass is 326 g/mol. The number of nitro benzene ring substituents is 1. The molecule has 0 saturated heterocycles. The van der Waals surface area contributed by atoms with Crippen molar-refractivity contribution in [2.24, 2.45) is 5.10 Å². The van der Waals surface area contributed by atoms with Crippen LogP contribution in [0.25, 0.3) is 0 Å². The minimum Gasteiger partial charge on any atom is -0.346 e. The minimum atomic E-state index is -0.920. The third kappa shape index (κ3) is 4.81. The molecule has 0 heterocycles. The summed E-state index contributed by atoms with van der Waals surface area (Å²) in [6, 6.07) is 3.94. The standard InChI is InChI=1S/C13H15ClN4O4/c1-7(2)15-12(19)13(20)17-16-8(3)9-4-5-10(14)11(6-9)18(21)22/h4-7H,1-3H3,(H,15,19)(H,17,20)/b16-8-. The zero-order valence-electron chi connectivity index (χ0n) is 12.2. The van der Waals surface area contributed by atoms with Gasteiger partial charge in [-0.25, -0.2) is 5.43 Å². The van der Waals surface area contributed by atoms with Crippen molar-refractivity contribution < 1.29 is 14.5 Å². The molecule has 0 radical (unpaired) electrons. The summed E-state index contributed by atoms with van der Waals surface area (Å²) in [6.07, 6.45) is 0. The van der Waals surface area contributed by atoms with Crippen LogP contribution in [0.4, 0.5) is 5.69 Å². The lowest BCUT2D eigenvalue weighted by atomic mass is 10.1. The summed E-state index contributed by atoms with van der Waals surface area (Å²) >= 11 is 5.71. The molecule has 0 unspecified atom stereocenters. The molecule has 1 rings (SSSR count). The molecule has 0 fully saturated rings. The van der Waals surface area contributed by atoms with Gasteiger partial charge in [-0.1, -0.05) is 17.7 Å². The van der Waals surface area contributed by atoms with Crippen molar-refractivity contribution in [2.75, 3.05) is 0 Å². The Kier molecular flexibility index (Phi) is 6.00. The molecule has 22 heavy (non-hydrogen) atoms. The SMILES string of the molecule is C/C(=N/NC(=O)C(=O)NC(C)C)c1ccc(Cl)c([N+](=O)[O-])c1. The summed E-state index contributed by atoms with van der Waals surface area (Å²) in [7, 11) is 0. The number of nitrogens with zero attached hydrogens (tertiary/aromatic N) is 2. The molecule has 8 nitrogen and oxygen atoms in total. The van der Waals surface area contributed by atoms with E-state index in [-0.39, 0.29) is 16.8 Å². The Labute approximate surface area is 131 Å². The van der Waals surface area contributed by atoms with E-state index in [0.717, 1.165) is 0 Å². The molecule has 2 amide bonds. The van der Waals surface area contributed by atoms with E-state index in [1.807, 2.05) is 0 Å². The van der Waals surface area contributed by atoms with E-state index in [4.69, 9.17) is 11.6 Å². The smallest absolute Gasteiger partial charge is 0.329 e. The van der Waals surface area contributed by atoms with Crippen molar-refractivity contribution in [3.8, 4) is 0 Å². The van der Waals surface area contributed by atoms with Gasteiger partial charge < -0.3 is 5.32 Å². The number of benzene rings is 1. The second-order valence-corrected chi connectivity index (χ2v) is 5.10. The third-order valence-corrected chi connectivity index (χ3v) is 2.83. The number of hydrogen-bond acceptors (Lipinski definition) is 5. The highest BCUT2D eigenvalue weighted by atomic mass is 35.5. The van der Waals surface area contributed by atoms with Crippen LogP contribution in [0.2, 0.25) is 5.02 Å². The van der Waals surface area contributed by atoms with Gasteiger partial charge in [0.1, 0.15) is 5.02 Å². The summed E-state index contributed by atoms with van der Waals surface area (Å²) in [5, 5.41) is 17.0. The number of carbonyl (C=O) groups excluding carboxylic acids is 2. The first kappa shape index (κ1) is 17.6. The highest BCUT2D eigenvalue weighted by molar-refractivity contribution is 6.35. The molecule has 0 aliphatic rings. The molecule has 0 aliphatic carbocycles. The molecule has 118 valence electrons. The summed E-state index contributed by atoms with van der Waals surface area (Å²) in [6.45, 7) is 4.96. The van der Waals surface area contributed by atoms with Crippen LogP contribution in [0.1, 0.15) is 26.3 Å². The van der Waals surface area contributed by atoms with Gasteiger partial charge in [0.2, 0.25) is 0 Å². The Balaban J connectivity index is 2.85. The van der Waals surface area contributed by atoms with Crippen LogP contribution in [0.15, 0.2) is 23.3 Å². The van der Waals surface area contributed by atoms with E-state index in [1.165, 1.54) is 25.1 Å². The average molecular weight is 327 g/mol. The van der Waals surface area contributed by atoms with Crippen molar-refractivity contribution in [3.05, 3.63) is 38.9 Å². The predicted octanol–water partition coefficient (Wildman–Crippen LogP) is 1.61. The van der Waals surface area contributed by atoms with E-state index in [2.05, 4.69) is 15.8 Å². The van der Waals surface area contributed by atoms with Gasteiger partial charge in [0.05, 0.1) is 10.6 Å². The first-order valence-corrected chi connectivity index (χ1v) is 6.69. The van der Waals surface area contributed by atoms with Crippen LogP contribution in [-0.4, -0.2) is 28.5 Å². The highest BCUT2D eigenvalue weighted by Crippen LogP contribution is 2.25. The first-order valence-electron chi connectivity index (χ1n) is 6.31. The van der Waals surface area contributed by atoms with Crippen molar-refractivity contribution in [1.82, 2.24) is 10.7 Å². The van der Waals surface area contributed by atoms with Gasteiger partial charge in [0.25, 0.3) is 5.69 Å². The van der Waals surface area contributed by atoms with Gasteiger partial charge in [0.15, 0.2) is 0 Å². The molecular weight excluding hydrogens is 312 g/mol. The lowest BCUT2D eigenvalue weighted by Gasteiger charge is -2.07. The Morgan fingerprint density at radius 2 is 1.95 bits per heavy atom. The summed E-state index contributed by atoms with van der Waals surface area (Å²) < 4.78 is 0. The second-order valence-electron chi connectivity index (χ2n) is 4.69. The van der Waals surface area contributed by atoms with Gasteiger partial charge in [-0.05, 0) is 26.8 Å². The van der Waals surface area contributed by atoms with E-state index in [1.54, 1.807) is 13.8 Å². The molecule has 1 aromatic rings. The first-order chi connectivity index (χ1) is 10.2. The number of nitro groups is 1. The van der Waals surface area contributed by atoms with Crippen LogP contribution < -0.4 is 10.7 Å². The fraction of sp³-hybridized carbons (Fsp3) is 0.308. The third-order valence-electron chi connectivity index (χ3n) is 2.51. The van der Waals surface area contributed by atoms with E-state index in [0.29, 0.717) is 11.3 Å². The lowest BCUT2D eigenvalue weighted by molar-refractivity contribution is -0.384. The van der Waals surface area contributed by atoms with Crippen molar-refractivity contribution >= 4 is 34.8 Å². The van der Waals surface area contributed by atoms with Gasteiger partial charge in [-0.15, -0.1) is 0 Å². The molecule has 0 spiro atoms. The molecule has 9 heteroatoms. The largest absolute Gasteiger partial charge is 0.346 e. The van der Waals surface area contributed by atoms with Crippen LogP contribution >= 0.6 is 11.6 Å². The van der Waals surface area contributed by atoms with Crippen LogP contribution in [0, 0.1) is 10.1 Å².